The lowest BCUT2D eigenvalue weighted by molar-refractivity contribution is -0.125. The third-order valence-corrected chi connectivity index (χ3v) is 5.28. The van der Waals surface area contributed by atoms with E-state index in [9.17, 15) is 8.78 Å². The number of aliphatic hydroxyl groups is 1. The highest BCUT2D eigenvalue weighted by Gasteiger charge is 2.53. The van der Waals surface area contributed by atoms with E-state index in [1.807, 2.05) is 0 Å². The van der Waals surface area contributed by atoms with Crippen LogP contribution in [-0.2, 0) is 0 Å². The van der Waals surface area contributed by atoms with Gasteiger partial charge in [0.15, 0.2) is 0 Å². The van der Waals surface area contributed by atoms with Gasteiger partial charge in [0.1, 0.15) is 0 Å². The predicted molar refractivity (Wildman–Crippen MR) is 61.9 cm³/mol. The van der Waals surface area contributed by atoms with E-state index in [2.05, 4.69) is 0 Å². The number of aliphatic hydroxyl groups excluding tert-OH is 1. The zero-order chi connectivity index (χ0) is 12.1. The Morgan fingerprint density at radius 2 is 1.47 bits per heavy atom. The van der Waals surface area contributed by atoms with Crippen LogP contribution in [-0.4, -0.2) is 17.6 Å². The van der Waals surface area contributed by atoms with Crippen molar-refractivity contribution in [3.05, 3.63) is 0 Å². The van der Waals surface area contributed by atoms with Crippen LogP contribution in [0.25, 0.3) is 0 Å². The fraction of sp³-hybridized carbons (Fsp3) is 1.00. The van der Waals surface area contributed by atoms with Crippen molar-refractivity contribution in [3.8, 4) is 0 Å². The largest absolute Gasteiger partial charge is 0.396 e. The maximum absolute atomic E-state index is 13.8. The van der Waals surface area contributed by atoms with E-state index in [-0.39, 0.29) is 24.9 Å². The number of alkyl halides is 2. The first-order valence-electron chi connectivity index (χ1n) is 6.99. The molecule has 3 heteroatoms. The van der Waals surface area contributed by atoms with Crippen LogP contribution in [0.15, 0.2) is 0 Å². The Kier molecular flexibility index (Phi) is 2.73. The molecule has 0 atom stereocenters. The monoisotopic (exact) mass is 244 g/mol. The SMILES string of the molecule is OCCC(F)(F)CC12CC3CC(CC(C3)C1)C2. The fourth-order valence-corrected chi connectivity index (χ4v) is 5.31. The van der Waals surface area contributed by atoms with Gasteiger partial charge in [-0.1, -0.05) is 0 Å². The van der Waals surface area contributed by atoms with Crippen molar-refractivity contribution in [3.63, 3.8) is 0 Å². The highest BCUT2D eigenvalue weighted by Crippen LogP contribution is 2.62. The molecule has 1 N–H and O–H groups in total. The molecular weight excluding hydrogens is 222 g/mol. The van der Waals surface area contributed by atoms with Crippen molar-refractivity contribution in [2.45, 2.75) is 57.3 Å². The molecule has 0 spiro atoms. The highest BCUT2D eigenvalue weighted by molar-refractivity contribution is 5.02. The number of rotatable bonds is 4. The van der Waals surface area contributed by atoms with Crippen LogP contribution in [0.5, 0.6) is 0 Å². The van der Waals surface area contributed by atoms with Gasteiger partial charge in [-0.3, -0.25) is 0 Å². The molecule has 0 heterocycles. The number of hydrogen-bond donors (Lipinski definition) is 1. The minimum atomic E-state index is -2.65. The third kappa shape index (κ3) is 2.23. The fourth-order valence-electron chi connectivity index (χ4n) is 5.31. The van der Waals surface area contributed by atoms with Gasteiger partial charge in [-0.15, -0.1) is 0 Å². The smallest absolute Gasteiger partial charge is 0.250 e. The minimum Gasteiger partial charge on any atom is -0.396 e. The summed E-state index contributed by atoms with van der Waals surface area (Å²) in [4.78, 5) is 0. The van der Waals surface area contributed by atoms with Gasteiger partial charge in [0.25, 0.3) is 5.92 Å². The topological polar surface area (TPSA) is 20.2 Å². The van der Waals surface area contributed by atoms with E-state index in [0.717, 1.165) is 37.0 Å². The standard InChI is InChI=1S/C14H22F2O/c15-14(16,1-2-17)9-13-6-10-3-11(7-13)5-12(4-10)8-13/h10-12,17H,1-9H2. The summed E-state index contributed by atoms with van der Waals surface area (Å²) in [5.41, 5.74) is -0.0760. The van der Waals surface area contributed by atoms with Crippen molar-refractivity contribution in [2.24, 2.45) is 23.2 Å². The quantitative estimate of drug-likeness (QED) is 0.801. The average molecular weight is 244 g/mol. The molecular formula is C14H22F2O. The maximum Gasteiger partial charge on any atom is 0.250 e. The molecule has 4 bridgehead atoms. The summed E-state index contributed by atoms with van der Waals surface area (Å²) < 4.78 is 27.5. The van der Waals surface area contributed by atoms with Gasteiger partial charge < -0.3 is 5.11 Å². The Hall–Kier alpha value is -0.180. The van der Waals surface area contributed by atoms with Crippen LogP contribution in [0, 0.1) is 23.2 Å². The zero-order valence-corrected chi connectivity index (χ0v) is 10.3. The van der Waals surface area contributed by atoms with E-state index >= 15 is 0 Å². The lowest BCUT2D eigenvalue weighted by atomic mass is 9.48. The first-order chi connectivity index (χ1) is 8.00. The number of halogens is 2. The van der Waals surface area contributed by atoms with Gasteiger partial charge in [-0.2, -0.15) is 0 Å². The molecule has 0 radical (unpaired) electrons. The molecule has 4 fully saturated rings. The summed E-state index contributed by atoms with van der Waals surface area (Å²) in [7, 11) is 0. The van der Waals surface area contributed by atoms with Gasteiger partial charge in [0, 0.05) is 19.4 Å². The zero-order valence-electron chi connectivity index (χ0n) is 10.3. The van der Waals surface area contributed by atoms with E-state index in [1.165, 1.54) is 19.3 Å². The molecule has 0 aromatic rings. The maximum atomic E-state index is 13.8. The molecule has 0 saturated heterocycles. The second-order valence-electron chi connectivity index (χ2n) is 6.92. The Labute approximate surface area is 102 Å². The summed E-state index contributed by atoms with van der Waals surface area (Å²) in [6.07, 6.45) is 6.65. The normalized spacial score (nSPS) is 44.3. The van der Waals surface area contributed by atoms with Crippen molar-refractivity contribution < 1.29 is 13.9 Å². The summed E-state index contributed by atoms with van der Waals surface area (Å²) in [5.74, 6) is -0.469. The molecule has 0 aliphatic heterocycles. The van der Waals surface area contributed by atoms with Crippen LogP contribution in [0.4, 0.5) is 8.78 Å². The summed E-state index contributed by atoms with van der Waals surface area (Å²) in [6, 6.07) is 0. The van der Waals surface area contributed by atoms with E-state index in [4.69, 9.17) is 5.11 Å². The Morgan fingerprint density at radius 1 is 1.00 bits per heavy atom. The molecule has 0 aromatic heterocycles. The molecule has 17 heavy (non-hydrogen) atoms. The Balaban J connectivity index is 1.74. The molecule has 0 amide bonds. The minimum absolute atomic E-state index is 0.0318. The molecule has 4 saturated carbocycles. The lowest BCUT2D eigenvalue weighted by Crippen LogP contribution is -2.48. The van der Waals surface area contributed by atoms with Gasteiger partial charge in [-0.25, -0.2) is 8.78 Å². The molecule has 0 aromatic carbocycles. The molecule has 4 aliphatic carbocycles. The van der Waals surface area contributed by atoms with Gasteiger partial charge >= 0.3 is 0 Å². The Bertz CT molecular complexity index is 265. The van der Waals surface area contributed by atoms with Gasteiger partial charge in [0.2, 0.25) is 0 Å². The molecule has 4 rings (SSSR count). The van der Waals surface area contributed by atoms with Crippen LogP contribution in [0.2, 0.25) is 0 Å². The van der Waals surface area contributed by atoms with Crippen molar-refractivity contribution in [2.75, 3.05) is 6.61 Å². The molecule has 4 aliphatic rings. The predicted octanol–water partition coefficient (Wildman–Crippen LogP) is 3.61. The van der Waals surface area contributed by atoms with Crippen LogP contribution >= 0.6 is 0 Å². The van der Waals surface area contributed by atoms with Crippen molar-refractivity contribution in [1.82, 2.24) is 0 Å². The average Bonchev–Trinajstić information content (AvgIpc) is 2.11. The summed E-state index contributed by atoms with van der Waals surface area (Å²) >= 11 is 0. The second kappa shape index (κ2) is 3.91. The molecule has 1 nitrogen and oxygen atoms in total. The number of hydrogen-bond acceptors (Lipinski definition) is 1. The van der Waals surface area contributed by atoms with Gasteiger partial charge in [-0.05, 0) is 61.7 Å². The van der Waals surface area contributed by atoms with Gasteiger partial charge in [0.05, 0.1) is 0 Å². The Morgan fingerprint density at radius 3 is 1.88 bits per heavy atom. The third-order valence-electron chi connectivity index (χ3n) is 5.28. The summed E-state index contributed by atoms with van der Waals surface area (Å²) in [5, 5.41) is 8.73. The van der Waals surface area contributed by atoms with Crippen LogP contribution in [0.1, 0.15) is 51.4 Å². The first kappa shape index (κ1) is 11.9. The lowest BCUT2D eigenvalue weighted by Gasteiger charge is -2.57. The highest BCUT2D eigenvalue weighted by atomic mass is 19.3. The van der Waals surface area contributed by atoms with E-state index < -0.39 is 5.92 Å². The van der Waals surface area contributed by atoms with E-state index in [1.54, 1.807) is 0 Å². The van der Waals surface area contributed by atoms with E-state index in [0.29, 0.717) is 0 Å². The molecule has 0 unspecified atom stereocenters. The first-order valence-corrected chi connectivity index (χ1v) is 6.99. The van der Waals surface area contributed by atoms with Crippen molar-refractivity contribution in [1.29, 1.82) is 0 Å². The second-order valence-corrected chi connectivity index (χ2v) is 6.92. The molecule has 98 valence electrons. The van der Waals surface area contributed by atoms with Crippen LogP contribution < -0.4 is 0 Å². The van der Waals surface area contributed by atoms with Crippen LogP contribution in [0.3, 0.4) is 0 Å². The summed E-state index contributed by atoms with van der Waals surface area (Å²) in [6.45, 7) is -0.390. The van der Waals surface area contributed by atoms with Crippen molar-refractivity contribution >= 4 is 0 Å².